The van der Waals surface area contributed by atoms with Gasteiger partial charge in [0, 0.05) is 0 Å². The lowest BCUT2D eigenvalue weighted by atomic mass is 9.95. The van der Waals surface area contributed by atoms with E-state index in [2.05, 4.69) is 75.4 Å². The van der Waals surface area contributed by atoms with Crippen LogP contribution in [0, 0.1) is 0 Å². The van der Waals surface area contributed by atoms with Crippen molar-refractivity contribution >= 4 is 21.5 Å². The zero-order chi connectivity index (χ0) is 17.7. The van der Waals surface area contributed by atoms with E-state index in [4.69, 9.17) is 0 Å². The van der Waals surface area contributed by atoms with Crippen LogP contribution in [-0.4, -0.2) is 0 Å². The largest absolute Gasteiger partial charge is 0.0683 e. The Morgan fingerprint density at radius 2 is 0.957 bits per heavy atom. The molecule has 0 nitrogen and oxygen atoms in total. The molecule has 0 aliphatic carbocycles. The van der Waals surface area contributed by atoms with Crippen molar-refractivity contribution in [3.05, 3.63) is 60.2 Å². The predicted octanol–water partition coefficient (Wildman–Crippen LogP) is 8.02. The van der Waals surface area contributed by atoms with Crippen molar-refractivity contribution in [2.24, 2.45) is 0 Å². The third-order valence-electron chi connectivity index (χ3n) is 3.24. The maximum absolute atomic E-state index is 2.28. The molecule has 0 aliphatic heterocycles. The van der Waals surface area contributed by atoms with Crippen LogP contribution in [0.4, 0.5) is 0 Å². The molecule has 0 saturated carbocycles. The molecule has 0 heteroatoms. The normalized spacial score (nSPS) is 9.00. The lowest BCUT2D eigenvalue weighted by Gasteiger charge is -2.09. The smallest absolute Gasteiger partial charge is 0.0146 e. The van der Waals surface area contributed by atoms with Crippen molar-refractivity contribution in [1.82, 2.24) is 0 Å². The Hall–Kier alpha value is -1.82. The van der Waals surface area contributed by atoms with Gasteiger partial charge in [-0.05, 0) is 39.6 Å². The van der Waals surface area contributed by atoms with Crippen molar-refractivity contribution in [3.63, 3.8) is 0 Å². The van der Waals surface area contributed by atoms with Crippen LogP contribution < -0.4 is 0 Å². The highest BCUT2D eigenvalue weighted by atomic mass is 14.1. The number of aryl methyl sites for hydroxylation is 1. The minimum atomic E-state index is 1.09. The van der Waals surface area contributed by atoms with Crippen molar-refractivity contribution in [1.29, 1.82) is 0 Å². The zero-order valence-electron chi connectivity index (χ0n) is 16.1. The Morgan fingerprint density at radius 1 is 0.609 bits per heavy atom. The molecule has 3 aromatic rings. The SMILES string of the molecule is CC.CC.CCC.CCc1c2ccccc2cc2ccccc12. The average molecular weight is 311 g/mol. The molecule has 0 atom stereocenters. The van der Waals surface area contributed by atoms with Crippen LogP contribution in [0.2, 0.25) is 0 Å². The van der Waals surface area contributed by atoms with Crippen LogP contribution in [0.15, 0.2) is 54.6 Å². The molecule has 0 aromatic heterocycles. The summed E-state index contributed by atoms with van der Waals surface area (Å²) in [6.45, 7) is 14.5. The molecule has 0 bridgehead atoms. The summed E-state index contributed by atoms with van der Waals surface area (Å²) in [6, 6.07) is 19.6. The van der Waals surface area contributed by atoms with Gasteiger partial charge in [-0.1, -0.05) is 103 Å². The van der Waals surface area contributed by atoms with Crippen LogP contribution in [0.1, 0.15) is 60.5 Å². The molecule has 0 heterocycles. The van der Waals surface area contributed by atoms with Gasteiger partial charge in [0.2, 0.25) is 0 Å². The summed E-state index contributed by atoms with van der Waals surface area (Å²) in [5.41, 5.74) is 1.47. The van der Waals surface area contributed by atoms with E-state index in [0.29, 0.717) is 0 Å². The predicted molar refractivity (Wildman–Crippen MR) is 109 cm³/mol. The van der Waals surface area contributed by atoms with E-state index in [0.717, 1.165) is 6.42 Å². The quantitative estimate of drug-likeness (QED) is 0.399. The summed E-state index contributed by atoms with van der Waals surface area (Å²) in [5.74, 6) is 0. The van der Waals surface area contributed by atoms with Crippen LogP contribution in [0.5, 0.6) is 0 Å². The maximum Gasteiger partial charge on any atom is -0.0146 e. The van der Waals surface area contributed by atoms with E-state index in [9.17, 15) is 0 Å². The number of fused-ring (bicyclic) bond motifs is 2. The fourth-order valence-electron chi connectivity index (χ4n) is 2.49. The van der Waals surface area contributed by atoms with E-state index < -0.39 is 0 Å². The fraction of sp³-hybridized carbons (Fsp3) is 0.391. The first-order valence-electron chi connectivity index (χ1n) is 9.21. The minimum absolute atomic E-state index is 1.09. The molecule has 0 spiro atoms. The second-order valence-electron chi connectivity index (χ2n) is 4.86. The van der Waals surface area contributed by atoms with Gasteiger partial charge in [0.25, 0.3) is 0 Å². The van der Waals surface area contributed by atoms with E-state index in [1.54, 1.807) is 0 Å². The molecule has 23 heavy (non-hydrogen) atoms. The first-order chi connectivity index (χ1) is 11.3. The molecule has 0 N–H and O–H groups in total. The standard InChI is InChI=1S/C16H14.C3H8.2C2H6/c1-2-14-15-9-5-3-7-12(15)11-13-8-4-6-10-16(13)14;1-3-2;2*1-2/h3-11H,2H2,1H3;3H2,1-2H3;2*1-2H3. The van der Waals surface area contributed by atoms with Crippen molar-refractivity contribution < 1.29 is 0 Å². The van der Waals surface area contributed by atoms with Crippen LogP contribution >= 0.6 is 0 Å². The molecule has 0 amide bonds. The summed E-state index contributed by atoms with van der Waals surface area (Å²) < 4.78 is 0. The lowest BCUT2D eigenvalue weighted by molar-refractivity contribution is 1.09. The summed E-state index contributed by atoms with van der Waals surface area (Å²) in [5, 5.41) is 5.48. The molecule has 0 aliphatic rings. The number of rotatable bonds is 1. The van der Waals surface area contributed by atoms with Gasteiger partial charge in [-0.3, -0.25) is 0 Å². The van der Waals surface area contributed by atoms with Gasteiger partial charge in [-0.25, -0.2) is 0 Å². The van der Waals surface area contributed by atoms with E-state index in [1.807, 2.05) is 27.7 Å². The summed E-state index contributed by atoms with van der Waals surface area (Å²) >= 11 is 0. The Morgan fingerprint density at radius 3 is 1.30 bits per heavy atom. The second kappa shape index (κ2) is 12.7. The van der Waals surface area contributed by atoms with Gasteiger partial charge >= 0.3 is 0 Å². The fourth-order valence-corrected chi connectivity index (χ4v) is 2.49. The highest BCUT2D eigenvalue weighted by molar-refractivity contribution is 6.02. The van der Waals surface area contributed by atoms with Crippen molar-refractivity contribution in [3.8, 4) is 0 Å². The van der Waals surface area contributed by atoms with Crippen LogP contribution in [0.3, 0.4) is 0 Å². The topological polar surface area (TPSA) is 0 Å². The average Bonchev–Trinajstić information content (AvgIpc) is 2.63. The van der Waals surface area contributed by atoms with Crippen LogP contribution in [0.25, 0.3) is 21.5 Å². The van der Waals surface area contributed by atoms with E-state index >= 15 is 0 Å². The molecule has 0 radical (unpaired) electrons. The maximum atomic E-state index is 2.28. The third-order valence-corrected chi connectivity index (χ3v) is 3.24. The number of hydrogen-bond donors (Lipinski definition) is 0. The second-order valence-corrected chi connectivity index (χ2v) is 4.86. The first-order valence-corrected chi connectivity index (χ1v) is 9.21. The van der Waals surface area contributed by atoms with Gasteiger partial charge in [0.05, 0.1) is 0 Å². The molecule has 0 saturated heterocycles. The zero-order valence-corrected chi connectivity index (χ0v) is 16.1. The summed E-state index contributed by atoms with van der Waals surface area (Å²) in [7, 11) is 0. The summed E-state index contributed by atoms with van der Waals surface area (Å²) in [6.07, 6.45) is 2.34. The third kappa shape index (κ3) is 5.71. The van der Waals surface area contributed by atoms with E-state index in [-0.39, 0.29) is 0 Å². The number of benzene rings is 3. The molecular formula is C23H34. The first kappa shape index (κ1) is 21.2. The minimum Gasteiger partial charge on any atom is -0.0683 e. The van der Waals surface area contributed by atoms with Gasteiger partial charge in [-0.2, -0.15) is 0 Å². The van der Waals surface area contributed by atoms with Crippen molar-refractivity contribution in [2.45, 2.75) is 61.3 Å². The highest BCUT2D eigenvalue weighted by Gasteiger charge is 2.04. The summed E-state index contributed by atoms with van der Waals surface area (Å²) in [4.78, 5) is 0. The van der Waals surface area contributed by atoms with Gasteiger partial charge < -0.3 is 0 Å². The van der Waals surface area contributed by atoms with E-state index in [1.165, 1.54) is 33.5 Å². The molecule has 0 fully saturated rings. The van der Waals surface area contributed by atoms with Gasteiger partial charge in [0.1, 0.15) is 0 Å². The molecule has 3 aromatic carbocycles. The highest BCUT2D eigenvalue weighted by Crippen LogP contribution is 2.28. The molecular weight excluding hydrogens is 276 g/mol. The Balaban J connectivity index is 0.000000609. The molecule has 3 rings (SSSR count). The Kier molecular flexibility index (Phi) is 11.7. The lowest BCUT2D eigenvalue weighted by Crippen LogP contribution is -1.86. The number of hydrogen-bond acceptors (Lipinski definition) is 0. The monoisotopic (exact) mass is 310 g/mol. The van der Waals surface area contributed by atoms with Gasteiger partial charge in [-0.15, -0.1) is 0 Å². The van der Waals surface area contributed by atoms with Crippen molar-refractivity contribution in [2.75, 3.05) is 0 Å². The van der Waals surface area contributed by atoms with Crippen LogP contribution in [-0.2, 0) is 6.42 Å². The Labute approximate surface area is 143 Å². The molecule has 126 valence electrons. The molecule has 0 unspecified atom stereocenters. The van der Waals surface area contributed by atoms with Gasteiger partial charge in [0.15, 0.2) is 0 Å². The Bertz CT molecular complexity index is 611.